The molecule has 0 radical (unpaired) electrons. The molecule has 2 rings (SSSR count). The Hall–Kier alpha value is -1.28. The van der Waals surface area contributed by atoms with Crippen molar-refractivity contribution in [1.29, 1.82) is 0 Å². The predicted octanol–water partition coefficient (Wildman–Crippen LogP) is 3.31. The first-order valence-corrected chi connectivity index (χ1v) is 5.74. The van der Waals surface area contributed by atoms with Crippen LogP contribution in [0.25, 0.3) is 0 Å². The van der Waals surface area contributed by atoms with Crippen LogP contribution in [-0.2, 0) is 0 Å². The average molecular weight is 236 g/mol. The second-order valence-corrected chi connectivity index (χ2v) is 4.52. The maximum atomic E-state index is 11.0. The normalized spacial score (nSPS) is 15.9. The Balaban J connectivity index is 2.35. The van der Waals surface area contributed by atoms with E-state index in [-0.39, 0.29) is 0 Å². The molecule has 1 aliphatic rings. The van der Waals surface area contributed by atoms with Crippen LogP contribution >= 0.6 is 11.6 Å². The highest BCUT2D eigenvalue weighted by atomic mass is 35.5. The summed E-state index contributed by atoms with van der Waals surface area (Å²) < 4.78 is 0. The number of anilines is 1. The highest BCUT2D eigenvalue weighted by molar-refractivity contribution is 6.31. The SMILES string of the molecule is CC1=CCCN(c2cc(Cl)ccc2C=O)C1. The number of rotatable bonds is 2. The van der Waals surface area contributed by atoms with Crippen LogP contribution in [0.1, 0.15) is 23.7 Å². The Morgan fingerprint density at radius 2 is 2.25 bits per heavy atom. The van der Waals surface area contributed by atoms with E-state index in [1.54, 1.807) is 12.1 Å². The molecule has 0 unspecified atom stereocenters. The minimum atomic E-state index is 0.674. The fourth-order valence-corrected chi connectivity index (χ4v) is 2.17. The van der Waals surface area contributed by atoms with E-state index >= 15 is 0 Å². The van der Waals surface area contributed by atoms with Crippen molar-refractivity contribution in [3.63, 3.8) is 0 Å². The smallest absolute Gasteiger partial charge is 0.152 e. The highest BCUT2D eigenvalue weighted by Gasteiger charge is 2.14. The Morgan fingerprint density at radius 1 is 1.44 bits per heavy atom. The van der Waals surface area contributed by atoms with Crippen molar-refractivity contribution in [2.75, 3.05) is 18.0 Å². The Kier molecular flexibility index (Phi) is 3.30. The molecule has 0 N–H and O–H groups in total. The molecule has 0 fully saturated rings. The van der Waals surface area contributed by atoms with Crippen LogP contribution in [-0.4, -0.2) is 19.4 Å². The maximum Gasteiger partial charge on any atom is 0.152 e. The molecule has 0 bridgehead atoms. The molecule has 1 aromatic rings. The lowest BCUT2D eigenvalue weighted by Gasteiger charge is -2.29. The van der Waals surface area contributed by atoms with E-state index in [1.807, 2.05) is 6.07 Å². The Labute approximate surface area is 101 Å². The zero-order valence-corrected chi connectivity index (χ0v) is 10.00. The molecule has 0 spiro atoms. The molecule has 0 aliphatic carbocycles. The summed E-state index contributed by atoms with van der Waals surface area (Å²) in [5.74, 6) is 0. The Bertz CT molecular complexity index is 440. The lowest BCUT2D eigenvalue weighted by molar-refractivity contribution is 0.112. The fourth-order valence-electron chi connectivity index (χ4n) is 2.01. The van der Waals surface area contributed by atoms with Crippen molar-refractivity contribution >= 4 is 23.6 Å². The molecule has 0 saturated carbocycles. The van der Waals surface area contributed by atoms with E-state index in [2.05, 4.69) is 17.9 Å². The molecule has 1 heterocycles. The van der Waals surface area contributed by atoms with Gasteiger partial charge in [0, 0.05) is 29.4 Å². The van der Waals surface area contributed by atoms with Crippen LogP contribution in [0.2, 0.25) is 5.02 Å². The first-order valence-electron chi connectivity index (χ1n) is 5.36. The van der Waals surface area contributed by atoms with Crippen molar-refractivity contribution < 1.29 is 4.79 Å². The van der Waals surface area contributed by atoms with Crippen LogP contribution in [0.4, 0.5) is 5.69 Å². The summed E-state index contributed by atoms with van der Waals surface area (Å²) >= 11 is 5.97. The van der Waals surface area contributed by atoms with Crippen LogP contribution < -0.4 is 4.90 Å². The lowest BCUT2D eigenvalue weighted by Crippen LogP contribution is -2.29. The number of aldehydes is 1. The second-order valence-electron chi connectivity index (χ2n) is 4.08. The van der Waals surface area contributed by atoms with Crippen LogP contribution in [0, 0.1) is 0 Å². The molecule has 0 aromatic heterocycles. The van der Waals surface area contributed by atoms with Gasteiger partial charge in [-0.3, -0.25) is 4.79 Å². The van der Waals surface area contributed by atoms with Crippen LogP contribution in [0.3, 0.4) is 0 Å². The van der Waals surface area contributed by atoms with Gasteiger partial charge in [0.2, 0.25) is 0 Å². The van der Waals surface area contributed by atoms with E-state index in [1.165, 1.54) is 5.57 Å². The third kappa shape index (κ3) is 2.27. The summed E-state index contributed by atoms with van der Waals surface area (Å²) in [5.41, 5.74) is 2.98. The summed E-state index contributed by atoms with van der Waals surface area (Å²) in [6.45, 7) is 3.93. The second kappa shape index (κ2) is 4.71. The van der Waals surface area contributed by atoms with Crippen molar-refractivity contribution in [2.24, 2.45) is 0 Å². The van der Waals surface area contributed by atoms with Gasteiger partial charge in [0.15, 0.2) is 6.29 Å². The maximum absolute atomic E-state index is 11.0. The van der Waals surface area contributed by atoms with Gasteiger partial charge < -0.3 is 4.90 Å². The topological polar surface area (TPSA) is 20.3 Å². The van der Waals surface area contributed by atoms with Gasteiger partial charge in [0.05, 0.1) is 0 Å². The van der Waals surface area contributed by atoms with Crippen LogP contribution in [0.15, 0.2) is 29.8 Å². The third-order valence-electron chi connectivity index (χ3n) is 2.79. The van der Waals surface area contributed by atoms with Gasteiger partial charge in [-0.2, -0.15) is 0 Å². The molecule has 2 nitrogen and oxygen atoms in total. The van der Waals surface area contributed by atoms with E-state index in [0.717, 1.165) is 31.5 Å². The third-order valence-corrected chi connectivity index (χ3v) is 3.03. The summed E-state index contributed by atoms with van der Waals surface area (Å²) in [6, 6.07) is 5.39. The van der Waals surface area contributed by atoms with Crippen LogP contribution in [0.5, 0.6) is 0 Å². The van der Waals surface area contributed by atoms with Gasteiger partial charge >= 0.3 is 0 Å². The average Bonchev–Trinajstić information content (AvgIpc) is 2.29. The first kappa shape index (κ1) is 11.2. The first-order chi connectivity index (χ1) is 7.70. The quantitative estimate of drug-likeness (QED) is 0.579. The molecule has 1 aromatic carbocycles. The zero-order chi connectivity index (χ0) is 11.5. The van der Waals surface area contributed by atoms with Crippen molar-refractivity contribution in [1.82, 2.24) is 0 Å². The minimum absolute atomic E-state index is 0.674. The van der Waals surface area contributed by atoms with Gasteiger partial charge in [-0.25, -0.2) is 0 Å². The molecule has 3 heteroatoms. The number of halogens is 1. The van der Waals surface area contributed by atoms with Gasteiger partial charge in [-0.15, -0.1) is 0 Å². The predicted molar refractivity (Wildman–Crippen MR) is 67.4 cm³/mol. The molecule has 0 amide bonds. The minimum Gasteiger partial charge on any atom is -0.367 e. The highest BCUT2D eigenvalue weighted by Crippen LogP contribution is 2.26. The fraction of sp³-hybridized carbons (Fsp3) is 0.308. The lowest BCUT2D eigenvalue weighted by atomic mass is 10.1. The summed E-state index contributed by atoms with van der Waals surface area (Å²) in [7, 11) is 0. The number of hydrogen-bond acceptors (Lipinski definition) is 2. The molecule has 0 saturated heterocycles. The van der Waals surface area contributed by atoms with Gasteiger partial charge in [-0.1, -0.05) is 23.3 Å². The molecular weight excluding hydrogens is 222 g/mol. The molecule has 84 valence electrons. The van der Waals surface area contributed by atoms with Gasteiger partial charge in [0.1, 0.15) is 0 Å². The van der Waals surface area contributed by atoms with Gasteiger partial charge in [0.25, 0.3) is 0 Å². The molecule has 1 aliphatic heterocycles. The van der Waals surface area contributed by atoms with E-state index in [9.17, 15) is 4.79 Å². The summed E-state index contributed by atoms with van der Waals surface area (Å²) in [4.78, 5) is 13.2. The number of carbonyl (C=O) groups excluding carboxylic acids is 1. The number of nitrogens with zero attached hydrogens (tertiary/aromatic N) is 1. The number of benzene rings is 1. The standard InChI is InChI=1S/C13H14ClNO/c1-10-3-2-6-15(8-10)13-7-12(14)5-4-11(13)9-16/h3-5,7,9H,2,6,8H2,1H3. The van der Waals surface area contributed by atoms with Crippen molar-refractivity contribution in [3.05, 3.63) is 40.4 Å². The number of hydrogen-bond donors (Lipinski definition) is 0. The Morgan fingerprint density at radius 3 is 2.94 bits per heavy atom. The van der Waals surface area contributed by atoms with E-state index in [4.69, 9.17) is 11.6 Å². The zero-order valence-electron chi connectivity index (χ0n) is 9.24. The molecule has 16 heavy (non-hydrogen) atoms. The molecular formula is C13H14ClNO. The summed E-state index contributed by atoms with van der Waals surface area (Å²) in [5, 5.41) is 0.674. The number of carbonyl (C=O) groups is 1. The summed E-state index contributed by atoms with van der Waals surface area (Å²) in [6.07, 6.45) is 4.15. The van der Waals surface area contributed by atoms with Crippen molar-refractivity contribution in [3.8, 4) is 0 Å². The monoisotopic (exact) mass is 235 g/mol. The van der Waals surface area contributed by atoms with E-state index < -0.39 is 0 Å². The van der Waals surface area contributed by atoms with Gasteiger partial charge in [-0.05, 0) is 31.5 Å². The molecule has 0 atom stereocenters. The van der Waals surface area contributed by atoms with Crippen molar-refractivity contribution in [2.45, 2.75) is 13.3 Å². The largest absolute Gasteiger partial charge is 0.367 e. The van der Waals surface area contributed by atoms with E-state index in [0.29, 0.717) is 10.6 Å².